The zero-order valence-electron chi connectivity index (χ0n) is 9.14. The zero-order valence-corrected chi connectivity index (χ0v) is 10.7. The van der Waals surface area contributed by atoms with E-state index in [9.17, 15) is 4.79 Å². The molecule has 0 aromatic carbocycles. The van der Waals surface area contributed by atoms with Gasteiger partial charge >= 0.3 is 0 Å². The molecule has 0 atom stereocenters. The lowest BCUT2D eigenvalue weighted by molar-refractivity contribution is 0.102. The molecule has 5 heteroatoms. The van der Waals surface area contributed by atoms with E-state index < -0.39 is 0 Å². The van der Waals surface area contributed by atoms with Crippen molar-refractivity contribution in [1.29, 1.82) is 0 Å². The van der Waals surface area contributed by atoms with E-state index >= 15 is 0 Å². The lowest BCUT2D eigenvalue weighted by Gasteiger charge is -2.04. The van der Waals surface area contributed by atoms with Gasteiger partial charge in [0.2, 0.25) is 0 Å². The molecule has 0 fully saturated rings. The molecule has 0 saturated carbocycles. The molecule has 0 spiro atoms. The molecule has 2 rings (SSSR count). The first-order chi connectivity index (χ1) is 8.15. The van der Waals surface area contributed by atoms with Crippen LogP contribution < -0.4 is 5.32 Å². The van der Waals surface area contributed by atoms with Crippen molar-refractivity contribution in [2.75, 3.05) is 5.32 Å². The fraction of sp³-hybridized carbons (Fsp3) is 0.0833. The van der Waals surface area contributed by atoms with Crippen LogP contribution in [0, 0.1) is 6.92 Å². The fourth-order valence-electron chi connectivity index (χ4n) is 1.27. The van der Waals surface area contributed by atoms with Gasteiger partial charge in [-0.05, 0) is 47.1 Å². The Morgan fingerprint density at radius 3 is 2.76 bits per heavy atom. The lowest BCUT2D eigenvalue weighted by Crippen LogP contribution is -2.13. The van der Waals surface area contributed by atoms with E-state index in [1.165, 1.54) is 0 Å². The summed E-state index contributed by atoms with van der Waals surface area (Å²) in [5, 5.41) is 2.70. The first-order valence-corrected chi connectivity index (χ1v) is 5.81. The maximum absolute atomic E-state index is 11.8. The van der Waals surface area contributed by atoms with Gasteiger partial charge in [-0.1, -0.05) is 6.07 Å². The predicted octanol–water partition coefficient (Wildman–Crippen LogP) is 2.80. The second kappa shape index (κ2) is 5.05. The number of aryl methyl sites for hydroxylation is 1. The number of hydrogen-bond acceptors (Lipinski definition) is 3. The standard InChI is InChI=1S/C12H10BrN3O/c1-8-5-6-9(7-14-8)12(17)16-11-4-2-3-10(13)15-11/h2-7H,1H3,(H,15,16,17). The Morgan fingerprint density at radius 2 is 2.12 bits per heavy atom. The van der Waals surface area contributed by atoms with Crippen molar-refractivity contribution in [3.63, 3.8) is 0 Å². The number of carbonyl (C=O) groups is 1. The summed E-state index contributed by atoms with van der Waals surface area (Å²) < 4.78 is 0.678. The van der Waals surface area contributed by atoms with Crippen LogP contribution in [0.2, 0.25) is 0 Å². The summed E-state index contributed by atoms with van der Waals surface area (Å²) in [7, 11) is 0. The highest BCUT2D eigenvalue weighted by Crippen LogP contribution is 2.11. The second-order valence-corrected chi connectivity index (χ2v) is 4.30. The van der Waals surface area contributed by atoms with Crippen molar-refractivity contribution in [2.45, 2.75) is 6.92 Å². The van der Waals surface area contributed by atoms with E-state index in [0.29, 0.717) is 16.0 Å². The van der Waals surface area contributed by atoms with Crippen molar-refractivity contribution in [2.24, 2.45) is 0 Å². The third-order valence-electron chi connectivity index (χ3n) is 2.13. The number of rotatable bonds is 2. The molecule has 0 aliphatic rings. The minimum atomic E-state index is -0.219. The van der Waals surface area contributed by atoms with E-state index in [-0.39, 0.29) is 5.91 Å². The number of amides is 1. The minimum Gasteiger partial charge on any atom is -0.306 e. The molecular weight excluding hydrogens is 282 g/mol. The van der Waals surface area contributed by atoms with Gasteiger partial charge in [0.15, 0.2) is 0 Å². The van der Waals surface area contributed by atoms with Crippen LogP contribution >= 0.6 is 15.9 Å². The zero-order chi connectivity index (χ0) is 12.3. The van der Waals surface area contributed by atoms with Crippen LogP contribution in [0.1, 0.15) is 16.1 Å². The number of anilines is 1. The van der Waals surface area contributed by atoms with Gasteiger partial charge < -0.3 is 5.32 Å². The number of aromatic nitrogens is 2. The summed E-state index contributed by atoms with van der Waals surface area (Å²) in [6, 6.07) is 8.85. The van der Waals surface area contributed by atoms with Crippen LogP contribution in [0.25, 0.3) is 0 Å². The molecule has 2 aromatic heterocycles. The number of nitrogens with zero attached hydrogens (tertiary/aromatic N) is 2. The normalized spacial score (nSPS) is 10.0. The van der Waals surface area contributed by atoms with Crippen LogP contribution in [0.3, 0.4) is 0 Å². The minimum absolute atomic E-state index is 0.219. The Bertz CT molecular complexity index is 540. The Balaban J connectivity index is 2.14. The number of carbonyl (C=O) groups excluding carboxylic acids is 1. The summed E-state index contributed by atoms with van der Waals surface area (Å²) in [5.74, 6) is 0.285. The molecule has 2 aromatic rings. The molecule has 1 N–H and O–H groups in total. The monoisotopic (exact) mass is 291 g/mol. The number of pyridine rings is 2. The molecule has 1 amide bonds. The molecule has 0 bridgehead atoms. The van der Waals surface area contributed by atoms with Crippen molar-refractivity contribution < 1.29 is 4.79 Å². The maximum Gasteiger partial charge on any atom is 0.258 e. The number of nitrogens with one attached hydrogen (secondary N) is 1. The molecule has 2 heterocycles. The van der Waals surface area contributed by atoms with Gasteiger partial charge in [0.25, 0.3) is 5.91 Å². The number of halogens is 1. The Morgan fingerprint density at radius 1 is 1.29 bits per heavy atom. The SMILES string of the molecule is Cc1ccc(C(=O)Nc2cccc(Br)n2)cn1. The van der Waals surface area contributed by atoms with E-state index in [4.69, 9.17) is 0 Å². The van der Waals surface area contributed by atoms with E-state index in [0.717, 1.165) is 5.69 Å². The van der Waals surface area contributed by atoms with Crippen LogP contribution in [0.5, 0.6) is 0 Å². The lowest BCUT2D eigenvalue weighted by atomic mass is 10.2. The Labute approximate surface area is 107 Å². The van der Waals surface area contributed by atoms with Crippen LogP contribution in [-0.2, 0) is 0 Å². The van der Waals surface area contributed by atoms with E-state index in [1.807, 2.05) is 6.92 Å². The van der Waals surface area contributed by atoms with Crippen molar-refractivity contribution >= 4 is 27.7 Å². The molecule has 0 unspecified atom stereocenters. The van der Waals surface area contributed by atoms with Gasteiger partial charge in [-0.15, -0.1) is 0 Å². The van der Waals surface area contributed by atoms with Crippen LogP contribution in [0.4, 0.5) is 5.82 Å². The summed E-state index contributed by atoms with van der Waals surface area (Å²) in [4.78, 5) is 20.0. The van der Waals surface area contributed by atoms with Gasteiger partial charge in [-0.25, -0.2) is 4.98 Å². The van der Waals surface area contributed by atoms with Gasteiger partial charge in [-0.2, -0.15) is 0 Å². The van der Waals surface area contributed by atoms with E-state index in [1.54, 1.807) is 36.5 Å². The molecular formula is C12H10BrN3O. The Kier molecular flexibility index (Phi) is 3.49. The predicted molar refractivity (Wildman–Crippen MR) is 68.9 cm³/mol. The quantitative estimate of drug-likeness (QED) is 0.866. The molecule has 0 aliphatic heterocycles. The summed E-state index contributed by atoms with van der Waals surface area (Å²) in [5.41, 5.74) is 1.39. The van der Waals surface area contributed by atoms with Crippen LogP contribution in [0.15, 0.2) is 41.1 Å². The largest absolute Gasteiger partial charge is 0.306 e. The third-order valence-corrected chi connectivity index (χ3v) is 2.57. The topological polar surface area (TPSA) is 54.9 Å². The van der Waals surface area contributed by atoms with Gasteiger partial charge in [-0.3, -0.25) is 9.78 Å². The highest BCUT2D eigenvalue weighted by molar-refractivity contribution is 9.10. The van der Waals surface area contributed by atoms with Crippen molar-refractivity contribution in [1.82, 2.24) is 9.97 Å². The van der Waals surface area contributed by atoms with Gasteiger partial charge in [0.05, 0.1) is 5.56 Å². The molecule has 0 aliphatic carbocycles. The molecule has 0 saturated heterocycles. The van der Waals surface area contributed by atoms with Gasteiger partial charge in [0.1, 0.15) is 10.4 Å². The second-order valence-electron chi connectivity index (χ2n) is 3.49. The highest BCUT2D eigenvalue weighted by atomic mass is 79.9. The average molecular weight is 292 g/mol. The van der Waals surface area contributed by atoms with Crippen LogP contribution in [-0.4, -0.2) is 15.9 Å². The molecule has 4 nitrogen and oxygen atoms in total. The molecule has 0 radical (unpaired) electrons. The summed E-state index contributed by atoms with van der Waals surface area (Å²) >= 11 is 3.24. The fourth-order valence-corrected chi connectivity index (χ4v) is 1.61. The Hall–Kier alpha value is -1.75. The smallest absolute Gasteiger partial charge is 0.258 e. The number of hydrogen-bond donors (Lipinski definition) is 1. The third kappa shape index (κ3) is 3.10. The molecule has 17 heavy (non-hydrogen) atoms. The molecule has 86 valence electrons. The maximum atomic E-state index is 11.8. The summed E-state index contributed by atoms with van der Waals surface area (Å²) in [6.45, 7) is 1.87. The first kappa shape index (κ1) is 11.7. The van der Waals surface area contributed by atoms with Gasteiger partial charge in [0, 0.05) is 11.9 Å². The highest BCUT2D eigenvalue weighted by Gasteiger charge is 2.06. The van der Waals surface area contributed by atoms with Crippen molar-refractivity contribution in [3.05, 3.63) is 52.4 Å². The van der Waals surface area contributed by atoms with Crippen molar-refractivity contribution in [3.8, 4) is 0 Å². The summed E-state index contributed by atoms with van der Waals surface area (Å²) in [6.07, 6.45) is 1.54. The first-order valence-electron chi connectivity index (χ1n) is 5.02. The average Bonchev–Trinajstić information content (AvgIpc) is 2.29. The van der Waals surface area contributed by atoms with E-state index in [2.05, 4.69) is 31.2 Å².